The first-order chi connectivity index (χ1) is 11.6. The first-order valence-electron chi connectivity index (χ1n) is 9.81. The molecule has 1 saturated heterocycles. The molecule has 1 amide bonds. The lowest BCUT2D eigenvalue weighted by Crippen LogP contribution is -2.55. The molecule has 3 atom stereocenters. The minimum absolute atomic E-state index is 0.194. The summed E-state index contributed by atoms with van der Waals surface area (Å²) in [4.78, 5) is 17.1. The van der Waals surface area contributed by atoms with E-state index >= 15 is 0 Å². The second kappa shape index (κ2) is 8.15. The van der Waals surface area contributed by atoms with Gasteiger partial charge in [0.2, 0.25) is 5.91 Å². The third-order valence-corrected chi connectivity index (χ3v) is 6.57. The van der Waals surface area contributed by atoms with Crippen molar-refractivity contribution in [2.75, 3.05) is 33.4 Å². The Morgan fingerprint density at radius 3 is 2.62 bits per heavy atom. The van der Waals surface area contributed by atoms with Crippen LogP contribution in [0.1, 0.15) is 51.9 Å². The number of morpholine rings is 1. The van der Waals surface area contributed by atoms with Crippen LogP contribution in [0.2, 0.25) is 0 Å². The molecule has 1 heterocycles. The maximum Gasteiger partial charge on any atom is 0.236 e. The SMILES string of the molecule is CC1CCC(N(C)C(=O)CN2CCOC[C@@H]2[C@H]2CCC[C@H]2O)CC1. The Hall–Kier alpha value is -0.650. The first kappa shape index (κ1) is 18.2. The monoisotopic (exact) mass is 338 g/mol. The maximum atomic E-state index is 12.8. The molecule has 2 aliphatic carbocycles. The molecular formula is C19H34N2O3. The standard InChI is InChI=1S/C19H34N2O3/c1-14-6-8-15(9-7-14)20(2)19(23)12-21-10-11-24-13-17(21)16-4-3-5-18(16)22/h14-18,22H,3-13H2,1-2H3/t14?,15?,16-,17-,18-/m1/s1. The summed E-state index contributed by atoms with van der Waals surface area (Å²) in [6, 6.07) is 0.602. The van der Waals surface area contributed by atoms with Crippen molar-refractivity contribution < 1.29 is 14.6 Å². The van der Waals surface area contributed by atoms with Crippen molar-refractivity contribution in [1.82, 2.24) is 9.80 Å². The van der Waals surface area contributed by atoms with E-state index in [1.54, 1.807) is 0 Å². The molecule has 0 spiro atoms. The number of nitrogens with zero attached hydrogens (tertiary/aromatic N) is 2. The molecule has 5 nitrogen and oxygen atoms in total. The van der Waals surface area contributed by atoms with Gasteiger partial charge in [-0.3, -0.25) is 9.69 Å². The molecule has 0 aromatic carbocycles. The third-order valence-electron chi connectivity index (χ3n) is 6.57. The predicted octanol–water partition coefficient (Wildman–Crippen LogP) is 1.89. The van der Waals surface area contributed by atoms with E-state index < -0.39 is 0 Å². The van der Waals surface area contributed by atoms with Gasteiger partial charge in [-0.05, 0) is 44.4 Å². The Morgan fingerprint density at radius 1 is 1.21 bits per heavy atom. The summed E-state index contributed by atoms with van der Waals surface area (Å²) in [5, 5.41) is 10.3. The topological polar surface area (TPSA) is 53.0 Å². The number of hydrogen-bond donors (Lipinski definition) is 1. The molecule has 2 saturated carbocycles. The van der Waals surface area contributed by atoms with Crippen LogP contribution in [0.3, 0.4) is 0 Å². The third kappa shape index (κ3) is 4.12. The lowest BCUT2D eigenvalue weighted by molar-refractivity contribution is -0.137. The van der Waals surface area contributed by atoms with E-state index in [1.165, 1.54) is 12.8 Å². The number of carbonyl (C=O) groups excluding carboxylic acids is 1. The van der Waals surface area contributed by atoms with Gasteiger partial charge < -0.3 is 14.7 Å². The molecule has 5 heteroatoms. The van der Waals surface area contributed by atoms with E-state index in [9.17, 15) is 9.90 Å². The highest BCUT2D eigenvalue weighted by atomic mass is 16.5. The molecule has 0 aromatic heterocycles. The van der Waals surface area contributed by atoms with Gasteiger partial charge in [-0.15, -0.1) is 0 Å². The van der Waals surface area contributed by atoms with E-state index in [0.717, 1.165) is 44.6 Å². The van der Waals surface area contributed by atoms with Crippen LogP contribution < -0.4 is 0 Å². The molecule has 0 radical (unpaired) electrons. The molecule has 0 unspecified atom stereocenters. The van der Waals surface area contributed by atoms with Gasteiger partial charge >= 0.3 is 0 Å². The van der Waals surface area contributed by atoms with Crippen LogP contribution in [0.25, 0.3) is 0 Å². The van der Waals surface area contributed by atoms with Gasteiger partial charge in [0, 0.05) is 31.6 Å². The summed E-state index contributed by atoms with van der Waals surface area (Å²) in [7, 11) is 1.98. The molecule has 0 aromatic rings. The number of aliphatic hydroxyl groups excluding tert-OH is 1. The van der Waals surface area contributed by atoms with Gasteiger partial charge in [-0.25, -0.2) is 0 Å². The van der Waals surface area contributed by atoms with Gasteiger partial charge in [0.25, 0.3) is 0 Å². The number of hydrogen-bond acceptors (Lipinski definition) is 4. The smallest absolute Gasteiger partial charge is 0.236 e. The zero-order valence-corrected chi connectivity index (χ0v) is 15.3. The molecule has 3 aliphatic rings. The van der Waals surface area contributed by atoms with Crippen LogP contribution in [0.5, 0.6) is 0 Å². The summed E-state index contributed by atoms with van der Waals surface area (Å²) in [5.41, 5.74) is 0. The molecule has 3 fully saturated rings. The highest BCUT2D eigenvalue weighted by Gasteiger charge is 2.38. The zero-order valence-electron chi connectivity index (χ0n) is 15.3. The Balaban J connectivity index is 1.57. The van der Waals surface area contributed by atoms with Crippen molar-refractivity contribution in [2.24, 2.45) is 11.8 Å². The van der Waals surface area contributed by atoms with E-state index in [2.05, 4.69) is 11.8 Å². The minimum Gasteiger partial charge on any atom is -0.393 e. The quantitative estimate of drug-likeness (QED) is 0.850. The lowest BCUT2D eigenvalue weighted by Gasteiger charge is -2.41. The molecule has 1 aliphatic heterocycles. The number of amides is 1. The van der Waals surface area contributed by atoms with Crippen LogP contribution in [-0.4, -0.2) is 72.4 Å². The van der Waals surface area contributed by atoms with Crippen LogP contribution in [0, 0.1) is 11.8 Å². The van der Waals surface area contributed by atoms with Crippen molar-refractivity contribution in [3.05, 3.63) is 0 Å². The highest BCUT2D eigenvalue weighted by molar-refractivity contribution is 5.78. The summed E-state index contributed by atoms with van der Waals surface area (Å²) >= 11 is 0. The number of aliphatic hydroxyl groups is 1. The molecule has 24 heavy (non-hydrogen) atoms. The summed E-state index contributed by atoms with van der Waals surface area (Å²) in [5.74, 6) is 1.30. The van der Waals surface area contributed by atoms with Gasteiger partial charge in [0.05, 0.1) is 25.9 Å². The van der Waals surface area contributed by atoms with Crippen molar-refractivity contribution in [1.29, 1.82) is 0 Å². The van der Waals surface area contributed by atoms with Crippen LogP contribution in [0.15, 0.2) is 0 Å². The average molecular weight is 338 g/mol. The zero-order chi connectivity index (χ0) is 17.1. The van der Waals surface area contributed by atoms with Crippen LogP contribution in [-0.2, 0) is 9.53 Å². The molecular weight excluding hydrogens is 304 g/mol. The molecule has 1 N–H and O–H groups in total. The fourth-order valence-electron chi connectivity index (χ4n) is 4.78. The van der Waals surface area contributed by atoms with Gasteiger partial charge in [0.1, 0.15) is 0 Å². The highest BCUT2D eigenvalue weighted by Crippen LogP contribution is 2.32. The summed E-state index contributed by atoms with van der Waals surface area (Å²) < 4.78 is 5.67. The lowest BCUT2D eigenvalue weighted by atomic mass is 9.86. The molecule has 138 valence electrons. The predicted molar refractivity (Wildman–Crippen MR) is 93.7 cm³/mol. The van der Waals surface area contributed by atoms with E-state index in [0.29, 0.717) is 25.8 Å². The Kier molecular flexibility index (Phi) is 6.17. The summed E-state index contributed by atoms with van der Waals surface area (Å²) in [6.07, 6.45) is 7.54. The van der Waals surface area contributed by atoms with Crippen molar-refractivity contribution in [3.8, 4) is 0 Å². The van der Waals surface area contributed by atoms with Crippen LogP contribution in [0.4, 0.5) is 0 Å². The summed E-state index contributed by atoms with van der Waals surface area (Å²) in [6.45, 7) is 4.93. The van der Waals surface area contributed by atoms with E-state index in [4.69, 9.17) is 4.74 Å². The first-order valence-corrected chi connectivity index (χ1v) is 9.81. The molecule has 3 rings (SSSR count). The molecule has 0 bridgehead atoms. The Bertz CT molecular complexity index is 423. The fourth-order valence-corrected chi connectivity index (χ4v) is 4.78. The largest absolute Gasteiger partial charge is 0.393 e. The second-order valence-corrected chi connectivity index (χ2v) is 8.19. The van der Waals surface area contributed by atoms with Crippen LogP contribution >= 0.6 is 0 Å². The normalized spacial score (nSPS) is 38.2. The van der Waals surface area contributed by atoms with Crippen molar-refractivity contribution in [2.45, 2.75) is 70.1 Å². The van der Waals surface area contributed by atoms with Gasteiger partial charge in [-0.2, -0.15) is 0 Å². The van der Waals surface area contributed by atoms with Gasteiger partial charge in [0.15, 0.2) is 0 Å². The van der Waals surface area contributed by atoms with Gasteiger partial charge in [-0.1, -0.05) is 13.3 Å². The second-order valence-electron chi connectivity index (χ2n) is 8.19. The Labute approximate surface area is 146 Å². The van der Waals surface area contributed by atoms with E-state index in [1.807, 2.05) is 11.9 Å². The number of rotatable bonds is 4. The average Bonchev–Trinajstić information content (AvgIpc) is 3.01. The number of ether oxygens (including phenoxy) is 1. The fraction of sp³-hybridized carbons (Fsp3) is 0.947. The Morgan fingerprint density at radius 2 is 1.96 bits per heavy atom. The number of likely N-dealkylation sites (N-methyl/N-ethyl adjacent to an activating group) is 1. The number of carbonyl (C=O) groups is 1. The van der Waals surface area contributed by atoms with Crippen molar-refractivity contribution >= 4 is 5.91 Å². The maximum absolute atomic E-state index is 12.8. The van der Waals surface area contributed by atoms with Crippen molar-refractivity contribution in [3.63, 3.8) is 0 Å². The van der Waals surface area contributed by atoms with E-state index in [-0.39, 0.29) is 24.0 Å². The minimum atomic E-state index is -0.230.